The van der Waals surface area contributed by atoms with Crippen molar-refractivity contribution in [2.75, 3.05) is 37.9 Å². The SMILES string of the molecule is CC(C)(N[C@H]1CCN(S(C)(=O)=O)C1)C(=O)Nc1cc(C(C)(C)COC2CCCCO2)no1. The molecule has 32 heavy (non-hydrogen) atoms. The van der Waals surface area contributed by atoms with E-state index >= 15 is 0 Å². The summed E-state index contributed by atoms with van der Waals surface area (Å²) in [5.41, 5.74) is -0.670. The molecule has 182 valence electrons. The Morgan fingerprint density at radius 2 is 2.03 bits per heavy atom. The van der Waals surface area contributed by atoms with E-state index in [0.29, 0.717) is 31.8 Å². The van der Waals surface area contributed by atoms with Gasteiger partial charge in [-0.25, -0.2) is 12.7 Å². The lowest BCUT2D eigenvalue weighted by Crippen LogP contribution is -2.54. The number of carbonyl (C=O) groups is 1. The molecule has 0 bridgehead atoms. The third-order valence-corrected chi connectivity index (χ3v) is 7.23. The first-order valence-corrected chi connectivity index (χ1v) is 13.0. The Bertz CT molecular complexity index is 892. The van der Waals surface area contributed by atoms with Gasteiger partial charge in [0.25, 0.3) is 0 Å². The van der Waals surface area contributed by atoms with Gasteiger partial charge in [-0.15, -0.1) is 0 Å². The Hall–Kier alpha value is -1.53. The second-order valence-electron chi connectivity index (χ2n) is 9.90. The standard InChI is InChI=1S/C21H36N4O6S/c1-20(2,14-30-18-8-6-7-11-29-18)16-12-17(31-24-16)22-19(26)21(3,4)23-15-9-10-25(13-15)32(5,27)28/h12,15,18,23H,6-11,13-14H2,1-5H3,(H,22,26)/t15-,18?/m0/s1. The van der Waals surface area contributed by atoms with Crippen LogP contribution in [0.15, 0.2) is 10.6 Å². The summed E-state index contributed by atoms with van der Waals surface area (Å²) in [7, 11) is -3.23. The largest absolute Gasteiger partial charge is 0.353 e. The molecule has 2 saturated heterocycles. The van der Waals surface area contributed by atoms with E-state index in [9.17, 15) is 13.2 Å². The van der Waals surface area contributed by atoms with Crippen LogP contribution in [-0.4, -0.2) is 74.2 Å². The van der Waals surface area contributed by atoms with E-state index in [1.807, 2.05) is 13.8 Å². The number of rotatable bonds is 9. The minimum absolute atomic E-state index is 0.103. The van der Waals surface area contributed by atoms with Gasteiger partial charge in [-0.1, -0.05) is 19.0 Å². The molecule has 1 aromatic rings. The van der Waals surface area contributed by atoms with E-state index in [0.717, 1.165) is 25.9 Å². The number of anilines is 1. The molecule has 0 aromatic carbocycles. The monoisotopic (exact) mass is 472 g/mol. The van der Waals surface area contributed by atoms with Crippen molar-refractivity contribution < 1.29 is 27.2 Å². The first-order valence-electron chi connectivity index (χ1n) is 11.1. The van der Waals surface area contributed by atoms with Gasteiger partial charge in [-0.3, -0.25) is 15.4 Å². The molecular weight excluding hydrogens is 436 g/mol. The summed E-state index contributed by atoms with van der Waals surface area (Å²) >= 11 is 0. The molecule has 2 fully saturated rings. The van der Waals surface area contributed by atoms with Gasteiger partial charge in [0, 0.05) is 37.2 Å². The first-order chi connectivity index (χ1) is 14.9. The summed E-state index contributed by atoms with van der Waals surface area (Å²) in [6, 6.07) is 1.61. The fourth-order valence-electron chi connectivity index (χ4n) is 3.86. The van der Waals surface area contributed by atoms with Crippen LogP contribution in [0, 0.1) is 0 Å². The van der Waals surface area contributed by atoms with Crippen LogP contribution in [0.3, 0.4) is 0 Å². The second-order valence-corrected chi connectivity index (χ2v) is 11.9. The van der Waals surface area contributed by atoms with Crippen LogP contribution in [0.1, 0.15) is 59.1 Å². The number of aromatic nitrogens is 1. The molecule has 0 spiro atoms. The summed E-state index contributed by atoms with van der Waals surface area (Å²) < 4.78 is 41.7. The highest BCUT2D eigenvalue weighted by Gasteiger charge is 2.36. The number of sulfonamides is 1. The van der Waals surface area contributed by atoms with E-state index in [4.69, 9.17) is 14.0 Å². The van der Waals surface area contributed by atoms with Crippen molar-refractivity contribution in [1.29, 1.82) is 0 Å². The Morgan fingerprint density at radius 1 is 1.28 bits per heavy atom. The Balaban J connectivity index is 1.53. The smallest absolute Gasteiger partial charge is 0.246 e. The van der Waals surface area contributed by atoms with Crippen LogP contribution in [0.25, 0.3) is 0 Å². The predicted molar refractivity (Wildman–Crippen MR) is 120 cm³/mol. The zero-order chi connectivity index (χ0) is 23.6. The minimum Gasteiger partial charge on any atom is -0.353 e. The lowest BCUT2D eigenvalue weighted by Gasteiger charge is -2.28. The van der Waals surface area contributed by atoms with Crippen LogP contribution in [0.5, 0.6) is 0 Å². The molecule has 2 N–H and O–H groups in total. The predicted octanol–water partition coefficient (Wildman–Crippen LogP) is 1.84. The van der Waals surface area contributed by atoms with Crippen molar-refractivity contribution in [2.24, 2.45) is 0 Å². The van der Waals surface area contributed by atoms with E-state index in [-0.39, 0.29) is 24.1 Å². The van der Waals surface area contributed by atoms with Crippen LogP contribution >= 0.6 is 0 Å². The van der Waals surface area contributed by atoms with Crippen molar-refractivity contribution in [2.45, 2.75) is 76.7 Å². The molecule has 10 nitrogen and oxygen atoms in total. The average molecular weight is 473 g/mol. The zero-order valence-corrected chi connectivity index (χ0v) is 20.5. The van der Waals surface area contributed by atoms with Crippen molar-refractivity contribution in [1.82, 2.24) is 14.8 Å². The molecule has 0 saturated carbocycles. The van der Waals surface area contributed by atoms with Crippen molar-refractivity contribution >= 4 is 21.8 Å². The van der Waals surface area contributed by atoms with Crippen molar-refractivity contribution in [3.05, 3.63) is 11.8 Å². The van der Waals surface area contributed by atoms with E-state index in [1.165, 1.54) is 10.6 Å². The zero-order valence-electron chi connectivity index (χ0n) is 19.6. The summed E-state index contributed by atoms with van der Waals surface area (Å²) in [6.45, 7) is 9.45. The van der Waals surface area contributed by atoms with Crippen LogP contribution in [-0.2, 0) is 29.7 Å². The maximum absolute atomic E-state index is 12.9. The van der Waals surface area contributed by atoms with Crippen LogP contribution < -0.4 is 10.6 Å². The molecular formula is C21H36N4O6S. The molecule has 1 unspecified atom stereocenters. The molecule has 1 aromatic heterocycles. The number of ether oxygens (including phenoxy) is 2. The van der Waals surface area contributed by atoms with E-state index in [2.05, 4.69) is 15.8 Å². The molecule has 2 atom stereocenters. The van der Waals surface area contributed by atoms with Gasteiger partial charge in [0.15, 0.2) is 6.29 Å². The van der Waals surface area contributed by atoms with Gasteiger partial charge >= 0.3 is 0 Å². The maximum atomic E-state index is 12.9. The summed E-state index contributed by atoms with van der Waals surface area (Å²) in [5, 5.41) is 10.1. The second kappa shape index (κ2) is 9.76. The highest BCUT2D eigenvalue weighted by Crippen LogP contribution is 2.27. The summed E-state index contributed by atoms with van der Waals surface area (Å²) in [5.74, 6) is -0.0336. The topological polar surface area (TPSA) is 123 Å². The van der Waals surface area contributed by atoms with E-state index in [1.54, 1.807) is 19.9 Å². The molecule has 2 aliphatic heterocycles. The quantitative estimate of drug-likeness (QED) is 0.558. The van der Waals surface area contributed by atoms with Crippen LogP contribution in [0.2, 0.25) is 0 Å². The third kappa shape index (κ3) is 6.50. The summed E-state index contributed by atoms with van der Waals surface area (Å²) in [4.78, 5) is 12.9. The van der Waals surface area contributed by atoms with Gasteiger partial charge in [-0.2, -0.15) is 0 Å². The third-order valence-electron chi connectivity index (χ3n) is 5.96. The Morgan fingerprint density at radius 3 is 2.66 bits per heavy atom. The maximum Gasteiger partial charge on any atom is 0.246 e. The normalized spacial score (nSPS) is 23.4. The van der Waals surface area contributed by atoms with Crippen molar-refractivity contribution in [3.63, 3.8) is 0 Å². The number of nitrogens with zero attached hydrogens (tertiary/aromatic N) is 2. The molecule has 3 heterocycles. The highest BCUT2D eigenvalue weighted by molar-refractivity contribution is 7.88. The molecule has 0 radical (unpaired) electrons. The lowest BCUT2D eigenvalue weighted by molar-refractivity contribution is -0.170. The van der Waals surface area contributed by atoms with Crippen LogP contribution in [0.4, 0.5) is 5.88 Å². The molecule has 3 rings (SSSR count). The van der Waals surface area contributed by atoms with Gasteiger partial charge < -0.3 is 14.0 Å². The number of hydrogen-bond acceptors (Lipinski definition) is 8. The lowest BCUT2D eigenvalue weighted by atomic mass is 9.90. The average Bonchev–Trinajstić information content (AvgIpc) is 3.37. The van der Waals surface area contributed by atoms with Gasteiger partial charge in [0.1, 0.15) is 0 Å². The Labute approximate surface area is 190 Å². The van der Waals surface area contributed by atoms with Gasteiger partial charge in [0.05, 0.1) is 24.1 Å². The fraction of sp³-hybridized carbons (Fsp3) is 0.810. The molecule has 11 heteroatoms. The van der Waals surface area contributed by atoms with Gasteiger partial charge in [-0.05, 0) is 39.5 Å². The van der Waals surface area contributed by atoms with E-state index < -0.39 is 21.0 Å². The molecule has 1 amide bonds. The fourth-order valence-corrected chi connectivity index (χ4v) is 4.75. The molecule has 2 aliphatic rings. The van der Waals surface area contributed by atoms with Gasteiger partial charge in [0.2, 0.25) is 21.8 Å². The number of nitrogens with one attached hydrogen (secondary N) is 2. The first kappa shape index (κ1) is 25.1. The number of amides is 1. The molecule has 0 aliphatic carbocycles. The number of carbonyl (C=O) groups excluding carboxylic acids is 1. The highest BCUT2D eigenvalue weighted by atomic mass is 32.2. The minimum atomic E-state index is -3.23. The Kier molecular flexibility index (Phi) is 7.66. The number of hydrogen-bond donors (Lipinski definition) is 2. The summed E-state index contributed by atoms with van der Waals surface area (Å²) in [6.07, 6.45) is 4.72. The van der Waals surface area contributed by atoms with Crippen molar-refractivity contribution in [3.8, 4) is 0 Å².